The van der Waals surface area contributed by atoms with Crippen LogP contribution in [0.4, 0.5) is 0 Å². The van der Waals surface area contributed by atoms with Crippen LogP contribution in [0.25, 0.3) is 0 Å². The summed E-state index contributed by atoms with van der Waals surface area (Å²) >= 11 is 0. The van der Waals surface area contributed by atoms with Gasteiger partial charge in [-0.2, -0.15) is 0 Å². The highest BCUT2D eigenvalue weighted by Gasteiger charge is 2.68. The summed E-state index contributed by atoms with van der Waals surface area (Å²) in [7, 11) is 0. The predicted molar refractivity (Wildman–Crippen MR) is 107 cm³/mol. The maximum Gasteiger partial charge on any atom is 0.250 e. The molecule has 2 N–H and O–H groups in total. The molecule has 0 amide bonds. The Morgan fingerprint density at radius 1 is 1.04 bits per heavy atom. The van der Waals surface area contributed by atoms with E-state index in [0.29, 0.717) is 11.8 Å². The number of hydrogen-bond donors (Lipinski definition) is 2. The van der Waals surface area contributed by atoms with Gasteiger partial charge < -0.3 is 19.7 Å². The fourth-order valence-electron chi connectivity index (χ4n) is 8.80. The lowest BCUT2D eigenvalue weighted by atomic mass is 9.43. The highest BCUT2D eigenvalue weighted by atomic mass is 16.7. The maximum absolute atomic E-state index is 11.9. The van der Waals surface area contributed by atoms with Crippen LogP contribution >= 0.6 is 0 Å². The Morgan fingerprint density at radius 3 is 2.46 bits per heavy atom. The molecule has 1 heterocycles. The molecule has 0 spiro atoms. The zero-order valence-corrected chi connectivity index (χ0v) is 17.8. The van der Waals surface area contributed by atoms with Crippen molar-refractivity contribution in [2.24, 2.45) is 34.5 Å². The van der Waals surface area contributed by atoms with E-state index in [2.05, 4.69) is 33.8 Å². The molecule has 4 aliphatic carbocycles. The third-order valence-electron chi connectivity index (χ3n) is 9.56. The topological polar surface area (TPSA) is 58.9 Å². The Balaban J connectivity index is 1.54. The van der Waals surface area contributed by atoms with Crippen molar-refractivity contribution in [1.82, 2.24) is 0 Å². The molecule has 4 unspecified atom stereocenters. The molecular weight excluding hydrogens is 352 g/mol. The predicted octanol–water partition coefficient (Wildman–Crippen LogP) is 4.52. The van der Waals surface area contributed by atoms with Gasteiger partial charge in [-0.1, -0.05) is 25.5 Å². The molecule has 8 atom stereocenters. The lowest BCUT2D eigenvalue weighted by Crippen LogP contribution is -2.62. The van der Waals surface area contributed by atoms with Crippen LogP contribution in [0, 0.1) is 34.5 Å². The first kappa shape index (κ1) is 19.0. The molecule has 0 radical (unpaired) electrons. The van der Waals surface area contributed by atoms with Crippen LogP contribution < -0.4 is 0 Å². The summed E-state index contributed by atoms with van der Waals surface area (Å²) in [4.78, 5) is 0. The van der Waals surface area contributed by atoms with Gasteiger partial charge in [-0.25, -0.2) is 0 Å². The minimum Gasteiger partial charge on any atom is -0.457 e. The Hall–Kier alpha value is -1.00. The minimum atomic E-state index is -0.725. The summed E-state index contributed by atoms with van der Waals surface area (Å²) in [5.74, 6) is 0.995. The van der Waals surface area contributed by atoms with E-state index in [0.717, 1.165) is 38.5 Å². The second-order valence-corrected chi connectivity index (χ2v) is 11.2. The van der Waals surface area contributed by atoms with Crippen molar-refractivity contribution in [1.29, 1.82) is 0 Å². The van der Waals surface area contributed by atoms with Gasteiger partial charge in [0.25, 0.3) is 0 Å². The third kappa shape index (κ3) is 2.37. The van der Waals surface area contributed by atoms with Crippen LogP contribution in [0.5, 0.6) is 0 Å². The van der Waals surface area contributed by atoms with E-state index in [4.69, 9.17) is 9.47 Å². The van der Waals surface area contributed by atoms with Crippen LogP contribution in [0.2, 0.25) is 0 Å². The lowest BCUT2D eigenvalue weighted by molar-refractivity contribution is -0.231. The van der Waals surface area contributed by atoms with Gasteiger partial charge in [-0.3, -0.25) is 0 Å². The van der Waals surface area contributed by atoms with Gasteiger partial charge in [0.15, 0.2) is 0 Å². The van der Waals surface area contributed by atoms with Gasteiger partial charge in [0.2, 0.25) is 5.79 Å². The Kier molecular flexibility index (Phi) is 3.92. The maximum atomic E-state index is 11.9. The molecule has 0 bridgehead atoms. The normalized spacial score (nSPS) is 54.1. The summed E-state index contributed by atoms with van der Waals surface area (Å²) in [5.41, 5.74) is 0.680. The first-order valence-electron chi connectivity index (χ1n) is 11.2. The average molecular weight is 389 g/mol. The third-order valence-corrected chi connectivity index (χ3v) is 9.56. The zero-order chi connectivity index (χ0) is 19.9. The smallest absolute Gasteiger partial charge is 0.250 e. The summed E-state index contributed by atoms with van der Waals surface area (Å²) in [6, 6.07) is 0. The van der Waals surface area contributed by atoms with Crippen molar-refractivity contribution in [3.05, 3.63) is 24.2 Å². The van der Waals surface area contributed by atoms with Gasteiger partial charge in [0.05, 0.1) is 11.7 Å². The number of ether oxygens (including phenoxy) is 2. The van der Waals surface area contributed by atoms with Crippen LogP contribution in [0.3, 0.4) is 0 Å². The molecule has 0 aromatic heterocycles. The quantitative estimate of drug-likeness (QED) is 0.649. The fourth-order valence-corrected chi connectivity index (χ4v) is 8.80. The van der Waals surface area contributed by atoms with Crippen molar-refractivity contribution in [2.45, 2.75) is 90.1 Å². The Labute approximate surface area is 169 Å². The van der Waals surface area contributed by atoms with E-state index >= 15 is 0 Å². The molecule has 0 aromatic carbocycles. The summed E-state index contributed by atoms with van der Waals surface area (Å²) in [6.07, 6.45) is 12.3. The number of hydrogen-bond acceptors (Lipinski definition) is 4. The van der Waals surface area contributed by atoms with E-state index in [9.17, 15) is 10.2 Å². The molecule has 28 heavy (non-hydrogen) atoms. The van der Waals surface area contributed by atoms with Crippen LogP contribution in [-0.4, -0.2) is 27.7 Å². The van der Waals surface area contributed by atoms with Crippen LogP contribution in [0.1, 0.15) is 72.6 Å². The van der Waals surface area contributed by atoms with Gasteiger partial charge >= 0.3 is 0 Å². The van der Waals surface area contributed by atoms with Gasteiger partial charge in [-0.05, 0) is 80.5 Å². The number of allylic oxidation sites excluding steroid dienone is 1. The molecule has 5 aliphatic rings. The van der Waals surface area contributed by atoms with Crippen LogP contribution in [-0.2, 0) is 9.47 Å². The molecule has 5 rings (SSSR count). The average Bonchev–Trinajstić information content (AvgIpc) is 3.18. The van der Waals surface area contributed by atoms with Gasteiger partial charge in [0, 0.05) is 12.8 Å². The largest absolute Gasteiger partial charge is 0.457 e. The first-order chi connectivity index (χ1) is 13.1. The number of aliphatic hydroxyl groups is 2. The molecule has 0 saturated heterocycles. The van der Waals surface area contributed by atoms with E-state index in [-0.39, 0.29) is 28.8 Å². The lowest BCUT2D eigenvalue weighted by Gasteiger charge is -2.63. The number of rotatable bonds is 1. The molecular formula is C24H36O4. The van der Waals surface area contributed by atoms with Crippen molar-refractivity contribution in [3.8, 4) is 0 Å². The summed E-state index contributed by atoms with van der Waals surface area (Å²) < 4.78 is 11.9. The molecule has 156 valence electrons. The van der Waals surface area contributed by atoms with Crippen molar-refractivity contribution in [3.63, 3.8) is 0 Å². The second kappa shape index (κ2) is 5.78. The molecule has 3 saturated carbocycles. The van der Waals surface area contributed by atoms with Gasteiger partial charge in [-0.15, -0.1) is 0 Å². The minimum absolute atomic E-state index is 0.00131. The van der Waals surface area contributed by atoms with E-state index in [1.807, 2.05) is 0 Å². The Morgan fingerprint density at radius 2 is 1.75 bits per heavy atom. The monoisotopic (exact) mass is 388 g/mol. The van der Waals surface area contributed by atoms with Gasteiger partial charge in [0.1, 0.15) is 12.5 Å². The first-order valence-corrected chi connectivity index (χ1v) is 11.2. The number of fused-ring (bicyclic) bond motifs is 5. The molecule has 4 heteroatoms. The zero-order valence-electron chi connectivity index (χ0n) is 17.8. The van der Waals surface area contributed by atoms with Crippen LogP contribution in [0.15, 0.2) is 24.2 Å². The second-order valence-electron chi connectivity index (χ2n) is 11.2. The molecule has 0 aromatic rings. The highest BCUT2D eigenvalue weighted by molar-refractivity contribution is 5.28. The SMILES string of the molecule is CC1([C@H]2CCC3C4CC=C5CC(O)CC[C@]5(C)C4[C@@](C)(O)C[C@@]32C)OC=CO1. The van der Waals surface area contributed by atoms with Crippen molar-refractivity contribution in [2.75, 3.05) is 0 Å². The fraction of sp³-hybridized carbons (Fsp3) is 0.833. The van der Waals surface area contributed by atoms with E-state index < -0.39 is 11.4 Å². The molecule has 4 nitrogen and oxygen atoms in total. The van der Waals surface area contributed by atoms with E-state index in [1.165, 1.54) is 12.0 Å². The highest BCUT2D eigenvalue weighted by Crippen LogP contribution is 2.70. The Bertz CT molecular complexity index is 716. The standard InChI is InChI=1S/C24H36O4/c1-21-10-9-16(25)13-15(21)5-6-17-18-7-8-19(24(4)27-11-12-28-24)22(18,2)14-23(3,26)20(17)21/h5,11-12,16-20,25-26H,6-10,13-14H2,1-4H3/t16?,17?,18?,19-,20?,21-,22-,23-/m0/s1. The summed E-state index contributed by atoms with van der Waals surface area (Å²) in [6.45, 7) is 8.88. The number of aliphatic hydroxyl groups excluding tert-OH is 1. The van der Waals surface area contributed by atoms with E-state index in [1.54, 1.807) is 12.5 Å². The molecule has 3 fully saturated rings. The van der Waals surface area contributed by atoms with Crippen molar-refractivity contribution >= 4 is 0 Å². The molecule has 1 aliphatic heterocycles. The summed E-state index contributed by atoms with van der Waals surface area (Å²) in [5, 5.41) is 22.1. The van der Waals surface area contributed by atoms with Crippen molar-refractivity contribution < 1.29 is 19.7 Å².